The largest absolute Gasteiger partial charge is 0.508 e. The smallest absolute Gasteiger partial charge is 0.303 e. The van der Waals surface area contributed by atoms with Gasteiger partial charge in [0.25, 0.3) is 0 Å². The van der Waals surface area contributed by atoms with Gasteiger partial charge in [-0.3, -0.25) is 86.3 Å². The van der Waals surface area contributed by atoms with Crippen LogP contribution in [0.25, 0.3) is 21.8 Å². The number of primary amides is 2. The number of thioether (sulfide) groups is 1. The maximum Gasteiger partial charge on any atom is 0.303 e. The second-order valence-corrected chi connectivity index (χ2v) is 33.1. The Kier molecular flexibility index (Phi) is 39.2. The fourth-order valence-electron chi connectivity index (χ4n) is 15.1. The molecule has 2 fully saturated rings. The summed E-state index contributed by atoms with van der Waals surface area (Å²) in [7, 11) is 3.94. The number of benzene rings is 3. The van der Waals surface area contributed by atoms with Crippen molar-refractivity contribution in [3.05, 3.63) is 102 Å². The number of aliphatic hydroxyl groups is 2. The number of β-amino-alcohol motifs (C(OH)–C–C–N with tert-alkyl or cyclic N) is 1. The number of nitrogens with zero attached hydrogens (tertiary/aromatic N) is 5. The van der Waals surface area contributed by atoms with Crippen LogP contribution in [0.4, 0.5) is 0 Å². The van der Waals surface area contributed by atoms with E-state index < -0.39 is 247 Å². The van der Waals surface area contributed by atoms with E-state index in [9.17, 15) is 97.1 Å². The van der Waals surface area contributed by atoms with Gasteiger partial charge in [0.2, 0.25) is 94.5 Å². The number of carboxylic acid groups (broad SMARTS) is 1. The number of likely N-dealkylation sites (tertiary alicyclic amines) is 2. The minimum Gasteiger partial charge on any atom is -0.508 e. The van der Waals surface area contributed by atoms with Crippen molar-refractivity contribution in [1.29, 1.82) is 0 Å². The second-order valence-electron chi connectivity index (χ2n) is 32.1. The lowest BCUT2D eigenvalue weighted by atomic mass is 10.00. The number of carbonyl (C=O) groups excluding carboxylic acids is 17. The molecular weight excluding hydrogens is 1690 g/mol. The Morgan fingerprint density at radius 1 is 0.570 bits per heavy atom. The van der Waals surface area contributed by atoms with Crippen LogP contribution in [-0.4, -0.2) is 317 Å². The van der Waals surface area contributed by atoms with E-state index in [1.165, 1.54) is 76.0 Å². The van der Waals surface area contributed by atoms with Gasteiger partial charge in [0.15, 0.2) is 5.78 Å². The number of Topliss-reactive ketones (excluding diaryl/α,β-unsaturated/α-hetero) is 1. The zero-order valence-corrected chi connectivity index (χ0v) is 73.7. The molecule has 2 aromatic heterocycles. The minimum absolute atomic E-state index is 0.0138. The van der Waals surface area contributed by atoms with Gasteiger partial charge in [0, 0.05) is 106 Å². The summed E-state index contributed by atoms with van der Waals surface area (Å²) in [5.41, 5.74) is 26.5. The molecule has 15 atom stereocenters. The summed E-state index contributed by atoms with van der Waals surface area (Å²) < 4.78 is 0. The number of hydrogen-bond donors (Lipinski definition) is 19. The predicted octanol–water partition coefficient (Wildman–Crippen LogP) is -3.94. The molecule has 16 amide bonds. The van der Waals surface area contributed by atoms with Crippen molar-refractivity contribution in [2.75, 3.05) is 65.4 Å². The van der Waals surface area contributed by atoms with E-state index in [1.807, 2.05) is 50.2 Å². The number of unbranched alkanes of at least 4 members (excludes halogenated alkanes) is 2. The molecular formula is C85H120N20O22S. The highest BCUT2D eigenvalue weighted by Gasteiger charge is 2.45. The maximum absolute atomic E-state index is 15.2. The van der Waals surface area contributed by atoms with Crippen molar-refractivity contribution in [3.63, 3.8) is 0 Å². The summed E-state index contributed by atoms with van der Waals surface area (Å²) in [4.78, 5) is 260. The number of hydrogen-bond acceptors (Lipinski definition) is 24. The first-order chi connectivity index (χ1) is 60.7. The third-order valence-corrected chi connectivity index (χ3v) is 23.6. The normalized spacial score (nSPS) is 17.0. The van der Waals surface area contributed by atoms with Crippen molar-refractivity contribution < 1.29 is 107 Å². The SMILES string of the molecule is CCCC[C@@H](C(=O)N(C)[C@@H](CCCC)C(=O)N[C@@H](C)C(=O)N[C@@H](CSCC(=O)N[C@@H](Cc1ccc(O)cc1)C(=O)N(C)[C@@H](C)C(=O)N[C@@H](CC(N)=O)C(=O)N1CCC[C@H]1C(=O)N[C@@H](CN)C(=O)N[C@@H](CCC(=O)O)C(=O)N1C[C@H](O)C[C@H]1C(C)=O)C(=O)NCC(N)=O)N(C)C(=O)[C@H](Cc1c[nH]c2ccccc12)NC(=O)[C@H](CO)NC(=O)[C@@H](N)Cc1c[nH]c2ccccc12. The molecule has 0 aliphatic carbocycles. The standard InChI is InChI=1S/C85H120N20O22S/c1-9-11-22-65(102(7)85(127)67(23-12-10-2)103(8)82(124)60(34-50-39-91-57-21-16-14-19-54(50)57)97-78(120)63(42-106)99-75(117)55(87)33-49-38-90-56-20-15-13-18-53(49)56)79(121)93-45(3)73(115)100-64(76(118)92-40-70(89)111)43-128-44-71(112)94-59(32-48-25-27-51(108)28-26-48)81(123)101(6)46(4)74(116)96-61(36-69(88)110)84(126)104-31-17-24-66(104)80(122)98-62(37-86)77(119)95-58(29-30-72(113)114)83(125)105-41-52(109)35-68(105)47(5)107/h13-16,18-21,25-28,38-39,45-46,52,55,58-68,90-91,106,108-109H,9-12,17,22-24,29-37,40-44,86-87H2,1-8H3,(H2,88,110)(H2,89,111)(H,92,118)(H,93,121)(H,94,112)(H,95,119)(H,96,116)(H,97,120)(H,98,122)(H,99,117)(H,100,115)(H,113,114)/t45-,46-,52+,55-,58-,59-,60-,61-,62-,63-,64-,65-,66-,67-,68-/m0/s1. The minimum atomic E-state index is -1.77. The highest BCUT2D eigenvalue weighted by atomic mass is 32.2. The van der Waals surface area contributed by atoms with E-state index in [0.29, 0.717) is 47.7 Å². The number of phenolic OH excluding ortho intramolecular Hbond substituents is 1. The number of aromatic amines is 2. The van der Waals surface area contributed by atoms with Crippen LogP contribution in [0.2, 0.25) is 0 Å². The molecule has 2 aliphatic rings. The number of likely N-dealkylation sites (N-methyl/N-ethyl adjacent to an activating group) is 3. The molecule has 3 aromatic carbocycles. The first kappa shape index (κ1) is 102. The number of aromatic nitrogens is 2. The summed E-state index contributed by atoms with van der Waals surface area (Å²) >= 11 is 0.763. The number of fused-ring (bicyclic) bond motifs is 2. The van der Waals surface area contributed by atoms with Gasteiger partial charge in [-0.05, 0) is 100 Å². The van der Waals surface area contributed by atoms with E-state index in [1.54, 1.807) is 24.5 Å². The van der Waals surface area contributed by atoms with Crippen LogP contribution < -0.4 is 70.8 Å². The number of nitrogens with two attached hydrogens (primary N) is 4. The fourth-order valence-corrected chi connectivity index (χ4v) is 16.0. The third-order valence-electron chi connectivity index (χ3n) is 22.5. The van der Waals surface area contributed by atoms with Gasteiger partial charge in [-0.2, -0.15) is 0 Å². The third kappa shape index (κ3) is 28.7. The number of carbonyl (C=O) groups is 18. The number of para-hydroxylation sites is 2. The molecule has 0 spiro atoms. The van der Waals surface area contributed by atoms with Crippen LogP contribution in [0.3, 0.4) is 0 Å². The van der Waals surface area contributed by atoms with Gasteiger partial charge in [0.1, 0.15) is 78.3 Å². The van der Waals surface area contributed by atoms with Crippen LogP contribution in [0.1, 0.15) is 128 Å². The van der Waals surface area contributed by atoms with Crippen LogP contribution in [0.5, 0.6) is 5.75 Å². The van der Waals surface area contributed by atoms with Crippen LogP contribution >= 0.6 is 11.8 Å². The second kappa shape index (κ2) is 48.9. The number of H-pyrrole nitrogens is 2. The van der Waals surface area contributed by atoms with Crippen molar-refractivity contribution >= 4 is 140 Å². The van der Waals surface area contributed by atoms with Gasteiger partial charge in [-0.15, -0.1) is 11.8 Å². The van der Waals surface area contributed by atoms with Gasteiger partial charge >= 0.3 is 5.97 Å². The highest BCUT2D eigenvalue weighted by Crippen LogP contribution is 2.27. The van der Waals surface area contributed by atoms with E-state index in [4.69, 9.17) is 22.9 Å². The summed E-state index contributed by atoms with van der Waals surface area (Å²) in [6.07, 6.45) is 2.13. The molecule has 0 bridgehead atoms. The summed E-state index contributed by atoms with van der Waals surface area (Å²) in [5.74, 6) is -17.5. The lowest BCUT2D eigenvalue weighted by Gasteiger charge is -2.36. The topological polar surface area (TPSA) is 648 Å². The zero-order valence-electron chi connectivity index (χ0n) is 72.9. The van der Waals surface area contributed by atoms with Crippen LogP contribution in [0.15, 0.2) is 85.2 Å². The highest BCUT2D eigenvalue weighted by molar-refractivity contribution is 8.00. The summed E-state index contributed by atoms with van der Waals surface area (Å²) in [6.45, 7) is 4.87. The van der Waals surface area contributed by atoms with Crippen LogP contribution in [-0.2, 0) is 106 Å². The number of aromatic hydroxyl groups is 1. The molecule has 4 heterocycles. The number of rotatable bonds is 50. The van der Waals surface area contributed by atoms with Gasteiger partial charge in [0.05, 0.1) is 43.5 Å². The van der Waals surface area contributed by atoms with Crippen LogP contribution in [0, 0.1) is 0 Å². The molecule has 2 saturated heterocycles. The molecule has 128 heavy (non-hydrogen) atoms. The average molecular weight is 1810 g/mol. The lowest BCUT2D eigenvalue weighted by Crippen LogP contribution is -2.61. The molecule has 0 saturated carbocycles. The van der Waals surface area contributed by atoms with Crippen molar-refractivity contribution in [3.8, 4) is 5.75 Å². The Morgan fingerprint density at radius 2 is 1.12 bits per heavy atom. The van der Waals surface area contributed by atoms with Crippen molar-refractivity contribution in [1.82, 2.24) is 82.3 Å². The molecule has 23 N–H and O–H groups in total. The Hall–Kier alpha value is -12.6. The number of ketones is 1. The van der Waals surface area contributed by atoms with Gasteiger partial charge < -0.3 is 126 Å². The van der Waals surface area contributed by atoms with E-state index in [2.05, 4.69) is 57.8 Å². The Bertz CT molecular complexity index is 4820. The van der Waals surface area contributed by atoms with Gasteiger partial charge in [-0.1, -0.05) is 88.1 Å². The molecule has 7 rings (SSSR count). The number of nitrogens with one attached hydrogen (secondary N) is 11. The lowest BCUT2D eigenvalue weighted by molar-refractivity contribution is -0.149. The molecule has 43 heteroatoms. The van der Waals surface area contributed by atoms with Gasteiger partial charge in [-0.25, -0.2) is 0 Å². The van der Waals surface area contributed by atoms with Crippen molar-refractivity contribution in [2.24, 2.45) is 22.9 Å². The number of aliphatic carboxylic acids is 1. The molecule has 698 valence electrons. The zero-order chi connectivity index (χ0) is 94.5. The first-order valence-electron chi connectivity index (χ1n) is 42.3. The number of carboxylic acids is 1. The molecule has 42 nitrogen and oxygen atoms in total. The quantitative estimate of drug-likeness (QED) is 0.0177. The summed E-state index contributed by atoms with van der Waals surface area (Å²) in [6, 6.07) is -0.00423. The number of aliphatic hydroxyl groups excluding tert-OH is 2. The maximum atomic E-state index is 15.2. The molecule has 5 aromatic rings. The monoisotopic (exact) mass is 1800 g/mol. The molecule has 0 radical (unpaired) electrons. The van der Waals surface area contributed by atoms with Crippen molar-refractivity contribution in [2.45, 2.75) is 222 Å². The summed E-state index contributed by atoms with van der Waals surface area (Å²) in [5, 5.41) is 64.6. The van der Waals surface area contributed by atoms with E-state index >= 15 is 9.59 Å². The average Bonchev–Trinajstić information content (AvgIpc) is 1.80. The fraction of sp³-hybridized carbons (Fsp3) is 0.529. The first-order valence-corrected chi connectivity index (χ1v) is 43.5. The molecule has 0 unspecified atom stereocenters. The Labute approximate surface area is 743 Å². The Morgan fingerprint density at radius 3 is 1.70 bits per heavy atom. The predicted molar refractivity (Wildman–Crippen MR) is 467 cm³/mol. The van der Waals surface area contributed by atoms with E-state index in [-0.39, 0.29) is 70.2 Å². The van der Waals surface area contributed by atoms with E-state index in [0.717, 1.165) is 42.9 Å². The number of amides is 16. The number of phenols is 1. The Balaban J connectivity index is 1.00. The molecule has 2 aliphatic heterocycles.